The largest absolute Gasteiger partial charge is 0.452 e. The molecule has 154 valence electrons. The molecule has 0 saturated carbocycles. The summed E-state index contributed by atoms with van der Waals surface area (Å²) in [5, 5.41) is 3.09. The predicted molar refractivity (Wildman–Crippen MR) is 108 cm³/mol. The highest BCUT2D eigenvalue weighted by atomic mass is 19.1. The lowest BCUT2D eigenvalue weighted by Gasteiger charge is -2.20. The van der Waals surface area contributed by atoms with Crippen molar-refractivity contribution in [1.29, 1.82) is 0 Å². The van der Waals surface area contributed by atoms with E-state index in [1.54, 1.807) is 6.07 Å². The normalized spacial score (nSPS) is 13.5. The van der Waals surface area contributed by atoms with Crippen molar-refractivity contribution >= 4 is 34.3 Å². The van der Waals surface area contributed by atoms with Gasteiger partial charge in [0.25, 0.3) is 5.91 Å². The minimum Gasteiger partial charge on any atom is -0.452 e. The number of nitrogens with one attached hydrogen (secondary N) is 1. The molecule has 2 heterocycles. The molecule has 6 nitrogen and oxygen atoms in total. The summed E-state index contributed by atoms with van der Waals surface area (Å²) in [6.07, 6.45) is 2.02. The van der Waals surface area contributed by atoms with Crippen molar-refractivity contribution in [3.8, 4) is 0 Å². The van der Waals surface area contributed by atoms with Gasteiger partial charge in [-0.3, -0.25) is 4.79 Å². The van der Waals surface area contributed by atoms with Crippen LogP contribution in [0, 0.1) is 11.6 Å². The van der Waals surface area contributed by atoms with Crippen LogP contribution in [0.15, 0.2) is 48.5 Å². The van der Waals surface area contributed by atoms with Gasteiger partial charge in [-0.2, -0.15) is 0 Å². The number of benzene rings is 2. The Morgan fingerprint density at radius 3 is 2.47 bits per heavy atom. The summed E-state index contributed by atoms with van der Waals surface area (Å²) >= 11 is 0. The molecule has 8 heteroatoms. The number of hydrogen-bond acceptors (Lipinski definition) is 5. The smallest absolute Gasteiger partial charge is 0.342 e. The first-order valence-electron chi connectivity index (χ1n) is 9.57. The molecule has 1 aliphatic heterocycles. The van der Waals surface area contributed by atoms with Crippen LogP contribution < -0.4 is 10.2 Å². The summed E-state index contributed by atoms with van der Waals surface area (Å²) in [6, 6.07) is 11.8. The van der Waals surface area contributed by atoms with Crippen LogP contribution in [0.25, 0.3) is 10.9 Å². The van der Waals surface area contributed by atoms with E-state index in [4.69, 9.17) is 4.74 Å². The monoisotopic (exact) mass is 411 g/mol. The molecular formula is C22H19F2N3O3. The maximum absolute atomic E-state index is 13.2. The Bertz CT molecular complexity index is 1090. The standard InChI is InChI=1S/C22H19F2N3O3/c23-15-10-16(24)12-17(11-15)25-20(28)13-30-22(29)18-9-14-5-1-2-6-19(14)26-21(18)27-7-3-4-8-27/h1-2,5-6,9-12H,3-4,7-8,13H2,(H,25,28). The minimum atomic E-state index is -0.820. The second-order valence-electron chi connectivity index (χ2n) is 7.03. The lowest BCUT2D eigenvalue weighted by Crippen LogP contribution is -2.25. The van der Waals surface area contributed by atoms with E-state index in [-0.39, 0.29) is 11.3 Å². The number of nitrogens with zero attached hydrogens (tertiary/aromatic N) is 2. The van der Waals surface area contributed by atoms with Crippen molar-refractivity contribution in [1.82, 2.24) is 4.98 Å². The number of aromatic nitrogens is 1. The van der Waals surface area contributed by atoms with Gasteiger partial charge in [-0.05, 0) is 37.1 Å². The van der Waals surface area contributed by atoms with Gasteiger partial charge >= 0.3 is 5.97 Å². The van der Waals surface area contributed by atoms with Gasteiger partial charge in [0.15, 0.2) is 6.61 Å². The molecule has 0 radical (unpaired) electrons. The number of rotatable bonds is 5. The van der Waals surface area contributed by atoms with Gasteiger partial charge in [0.1, 0.15) is 23.0 Å². The molecule has 4 rings (SSSR count). The molecule has 2 aromatic carbocycles. The summed E-state index contributed by atoms with van der Waals surface area (Å²) in [6.45, 7) is 0.984. The van der Waals surface area contributed by atoms with E-state index in [1.165, 1.54) is 0 Å². The Balaban J connectivity index is 1.50. The van der Waals surface area contributed by atoms with Crippen LogP contribution in [0.4, 0.5) is 20.3 Å². The molecule has 1 aromatic heterocycles. The number of esters is 1. The number of para-hydroxylation sites is 1. The SMILES string of the molecule is O=C(COC(=O)c1cc2ccccc2nc1N1CCCC1)Nc1cc(F)cc(F)c1. The number of pyridine rings is 1. The quantitative estimate of drug-likeness (QED) is 0.645. The number of carbonyl (C=O) groups excluding carboxylic acids is 2. The summed E-state index contributed by atoms with van der Waals surface area (Å²) in [4.78, 5) is 31.5. The number of halogens is 2. The fourth-order valence-corrected chi connectivity index (χ4v) is 3.46. The number of ether oxygens (including phenoxy) is 1. The third-order valence-electron chi connectivity index (χ3n) is 4.81. The van der Waals surface area contributed by atoms with Crippen LogP contribution >= 0.6 is 0 Å². The first-order chi connectivity index (χ1) is 14.5. The van der Waals surface area contributed by atoms with Gasteiger partial charge in [-0.15, -0.1) is 0 Å². The van der Waals surface area contributed by atoms with Crippen molar-refractivity contribution in [2.45, 2.75) is 12.8 Å². The third-order valence-corrected chi connectivity index (χ3v) is 4.81. The van der Waals surface area contributed by atoms with Gasteiger partial charge in [0.05, 0.1) is 5.52 Å². The minimum absolute atomic E-state index is 0.0568. The molecule has 0 unspecified atom stereocenters. The number of anilines is 2. The molecule has 1 amide bonds. The van der Waals surface area contributed by atoms with Crippen molar-refractivity contribution in [3.63, 3.8) is 0 Å². The predicted octanol–water partition coefficient (Wildman–Crippen LogP) is 3.91. The highest BCUT2D eigenvalue weighted by Crippen LogP contribution is 2.27. The van der Waals surface area contributed by atoms with E-state index in [0.717, 1.165) is 49.0 Å². The van der Waals surface area contributed by atoms with Gasteiger partial charge in [-0.1, -0.05) is 18.2 Å². The maximum atomic E-state index is 13.2. The fourth-order valence-electron chi connectivity index (χ4n) is 3.46. The molecule has 1 fully saturated rings. The fraction of sp³-hybridized carbons (Fsp3) is 0.227. The van der Waals surface area contributed by atoms with Gasteiger partial charge in [-0.25, -0.2) is 18.6 Å². The molecule has 3 aromatic rings. The molecular weight excluding hydrogens is 392 g/mol. The Morgan fingerprint density at radius 1 is 1.03 bits per heavy atom. The molecule has 0 spiro atoms. The van der Waals surface area contributed by atoms with E-state index < -0.39 is 30.1 Å². The van der Waals surface area contributed by atoms with E-state index in [0.29, 0.717) is 11.9 Å². The molecule has 30 heavy (non-hydrogen) atoms. The lowest BCUT2D eigenvalue weighted by atomic mass is 10.1. The summed E-state index contributed by atoms with van der Waals surface area (Å²) < 4.78 is 31.7. The Hall–Kier alpha value is -3.55. The van der Waals surface area contributed by atoms with E-state index >= 15 is 0 Å². The molecule has 0 atom stereocenters. The number of hydrogen-bond donors (Lipinski definition) is 1. The van der Waals surface area contributed by atoms with Crippen LogP contribution in [-0.2, 0) is 9.53 Å². The van der Waals surface area contributed by atoms with Gasteiger partial charge in [0.2, 0.25) is 0 Å². The molecule has 0 aliphatic carbocycles. The molecule has 1 saturated heterocycles. The van der Waals surface area contributed by atoms with Crippen molar-refractivity contribution < 1.29 is 23.1 Å². The Kier molecular flexibility index (Phi) is 5.56. The first kappa shape index (κ1) is 19.8. The molecule has 1 aliphatic rings. The Morgan fingerprint density at radius 2 is 1.73 bits per heavy atom. The topological polar surface area (TPSA) is 71.5 Å². The van der Waals surface area contributed by atoms with Gasteiger partial charge < -0.3 is 15.0 Å². The average Bonchev–Trinajstić information content (AvgIpc) is 3.25. The zero-order valence-corrected chi connectivity index (χ0v) is 16.0. The number of fused-ring (bicyclic) bond motifs is 1. The highest BCUT2D eigenvalue weighted by molar-refractivity contribution is 6.01. The van der Waals surface area contributed by atoms with Crippen molar-refractivity contribution in [2.75, 3.05) is 29.9 Å². The lowest BCUT2D eigenvalue weighted by molar-refractivity contribution is -0.119. The van der Waals surface area contributed by atoms with Crippen LogP contribution in [-0.4, -0.2) is 36.6 Å². The first-order valence-corrected chi connectivity index (χ1v) is 9.57. The summed E-state index contributed by atoms with van der Waals surface area (Å²) in [5.74, 6) is -2.50. The van der Waals surface area contributed by atoms with Crippen LogP contribution in [0.1, 0.15) is 23.2 Å². The molecule has 1 N–H and O–H groups in total. The zero-order chi connectivity index (χ0) is 21.1. The number of amides is 1. The van der Waals surface area contributed by atoms with Crippen LogP contribution in [0.2, 0.25) is 0 Å². The summed E-state index contributed by atoms with van der Waals surface area (Å²) in [7, 11) is 0. The average molecular weight is 411 g/mol. The Labute approximate surface area is 171 Å². The highest BCUT2D eigenvalue weighted by Gasteiger charge is 2.23. The van der Waals surface area contributed by atoms with E-state index in [9.17, 15) is 18.4 Å². The number of carbonyl (C=O) groups is 2. The van der Waals surface area contributed by atoms with E-state index in [2.05, 4.69) is 10.3 Å². The van der Waals surface area contributed by atoms with Crippen molar-refractivity contribution in [3.05, 3.63) is 65.7 Å². The molecule has 0 bridgehead atoms. The zero-order valence-electron chi connectivity index (χ0n) is 16.0. The maximum Gasteiger partial charge on any atom is 0.342 e. The third kappa shape index (κ3) is 4.37. The second kappa shape index (κ2) is 8.44. The van der Waals surface area contributed by atoms with E-state index in [1.807, 2.05) is 29.2 Å². The second-order valence-corrected chi connectivity index (χ2v) is 7.03. The van der Waals surface area contributed by atoms with Crippen LogP contribution in [0.3, 0.4) is 0 Å². The van der Waals surface area contributed by atoms with Crippen molar-refractivity contribution in [2.24, 2.45) is 0 Å². The summed E-state index contributed by atoms with van der Waals surface area (Å²) in [5.41, 5.74) is 0.987. The van der Waals surface area contributed by atoms with Crippen LogP contribution in [0.5, 0.6) is 0 Å². The van der Waals surface area contributed by atoms with Gasteiger partial charge in [0, 0.05) is 30.2 Å².